The summed E-state index contributed by atoms with van der Waals surface area (Å²) >= 11 is 11.5. The number of halogens is 3. The maximum atomic E-state index is 12.2. The smallest absolute Gasteiger partial charge is 0.109 e. The fourth-order valence-electron chi connectivity index (χ4n) is 0.942. The van der Waals surface area contributed by atoms with E-state index in [9.17, 15) is 4.39 Å². The minimum Gasteiger partial charge on any atom is -0.322 e. The van der Waals surface area contributed by atoms with Gasteiger partial charge in [-0.1, -0.05) is 29.3 Å². The number of nitrogens with two attached hydrogens (primary N) is 1. The van der Waals surface area contributed by atoms with Gasteiger partial charge in [0.05, 0.1) is 6.04 Å². The SMILES string of the molecule is N[C@H](CF)c1c(Cl)cccc1Cl. The Labute approximate surface area is 80.3 Å². The summed E-state index contributed by atoms with van der Waals surface area (Å²) in [6.07, 6.45) is 0. The van der Waals surface area contributed by atoms with Crippen LogP contribution in [0.4, 0.5) is 4.39 Å². The normalized spacial score (nSPS) is 13.0. The molecule has 1 rings (SSSR count). The van der Waals surface area contributed by atoms with Crippen molar-refractivity contribution >= 4 is 23.2 Å². The molecule has 0 aliphatic rings. The molecule has 0 saturated carbocycles. The molecular weight excluding hydrogens is 200 g/mol. The third kappa shape index (κ3) is 1.89. The zero-order chi connectivity index (χ0) is 9.14. The molecule has 0 heterocycles. The van der Waals surface area contributed by atoms with Crippen molar-refractivity contribution in [3.05, 3.63) is 33.8 Å². The van der Waals surface area contributed by atoms with E-state index >= 15 is 0 Å². The van der Waals surface area contributed by atoms with Crippen LogP contribution >= 0.6 is 23.2 Å². The Balaban J connectivity index is 3.12. The number of alkyl halides is 1. The van der Waals surface area contributed by atoms with Gasteiger partial charge in [0, 0.05) is 15.6 Å². The lowest BCUT2D eigenvalue weighted by atomic mass is 10.1. The summed E-state index contributed by atoms with van der Waals surface area (Å²) < 4.78 is 12.2. The molecule has 4 heteroatoms. The molecule has 1 aromatic carbocycles. The minimum atomic E-state index is -0.730. The molecule has 0 bridgehead atoms. The van der Waals surface area contributed by atoms with Crippen molar-refractivity contribution in [2.24, 2.45) is 5.73 Å². The predicted molar refractivity (Wildman–Crippen MR) is 49.4 cm³/mol. The van der Waals surface area contributed by atoms with Crippen molar-refractivity contribution in [2.75, 3.05) is 6.67 Å². The van der Waals surface area contributed by atoms with E-state index in [1.807, 2.05) is 0 Å². The van der Waals surface area contributed by atoms with Crippen molar-refractivity contribution in [3.8, 4) is 0 Å². The number of hydrogen-bond acceptors (Lipinski definition) is 1. The number of hydrogen-bond donors (Lipinski definition) is 1. The summed E-state index contributed by atoms with van der Waals surface area (Å²) in [6.45, 7) is -0.663. The Morgan fingerprint density at radius 2 is 1.83 bits per heavy atom. The summed E-state index contributed by atoms with van der Waals surface area (Å²) in [5.74, 6) is 0. The maximum Gasteiger partial charge on any atom is 0.109 e. The van der Waals surface area contributed by atoms with E-state index in [2.05, 4.69) is 0 Å². The van der Waals surface area contributed by atoms with E-state index in [1.165, 1.54) is 0 Å². The highest BCUT2D eigenvalue weighted by atomic mass is 35.5. The average molecular weight is 208 g/mol. The highest BCUT2D eigenvalue weighted by Gasteiger charge is 2.12. The summed E-state index contributed by atoms with van der Waals surface area (Å²) in [6, 6.07) is 4.24. The Bertz CT molecular complexity index is 258. The van der Waals surface area contributed by atoms with Gasteiger partial charge in [-0.25, -0.2) is 4.39 Å². The Morgan fingerprint density at radius 1 is 1.33 bits per heavy atom. The standard InChI is InChI=1S/C8H8Cl2FN/c9-5-2-1-3-6(10)8(5)7(12)4-11/h1-3,7H,4,12H2/t7-/m1/s1. The molecule has 12 heavy (non-hydrogen) atoms. The molecule has 0 aliphatic carbocycles. The molecule has 0 unspecified atom stereocenters. The first-order valence-electron chi connectivity index (χ1n) is 3.42. The van der Waals surface area contributed by atoms with Crippen LogP contribution in [0.2, 0.25) is 10.0 Å². The third-order valence-electron chi connectivity index (χ3n) is 1.54. The lowest BCUT2D eigenvalue weighted by Crippen LogP contribution is -2.13. The molecule has 0 aliphatic heterocycles. The van der Waals surface area contributed by atoms with E-state index in [0.717, 1.165) is 0 Å². The van der Waals surface area contributed by atoms with Crippen molar-refractivity contribution in [3.63, 3.8) is 0 Å². The van der Waals surface area contributed by atoms with Crippen LogP contribution in [0.5, 0.6) is 0 Å². The largest absolute Gasteiger partial charge is 0.322 e. The fraction of sp³-hybridized carbons (Fsp3) is 0.250. The van der Waals surface area contributed by atoms with Gasteiger partial charge in [0.2, 0.25) is 0 Å². The molecule has 0 aromatic heterocycles. The lowest BCUT2D eigenvalue weighted by Gasteiger charge is -2.10. The predicted octanol–water partition coefficient (Wildman–Crippen LogP) is 2.96. The van der Waals surface area contributed by atoms with Crippen LogP contribution in [0, 0.1) is 0 Å². The van der Waals surface area contributed by atoms with Crippen LogP contribution in [0.1, 0.15) is 11.6 Å². The molecule has 0 amide bonds. The Hall–Kier alpha value is -0.310. The quantitative estimate of drug-likeness (QED) is 0.794. The molecular formula is C8H8Cl2FN. The Morgan fingerprint density at radius 3 is 2.25 bits per heavy atom. The zero-order valence-corrected chi connectivity index (χ0v) is 7.74. The van der Waals surface area contributed by atoms with Crippen LogP contribution in [0.3, 0.4) is 0 Å². The molecule has 66 valence electrons. The molecule has 0 spiro atoms. The van der Waals surface area contributed by atoms with E-state index < -0.39 is 12.7 Å². The van der Waals surface area contributed by atoms with Gasteiger partial charge in [-0.2, -0.15) is 0 Å². The highest BCUT2D eigenvalue weighted by molar-refractivity contribution is 6.36. The summed E-state index contributed by atoms with van der Waals surface area (Å²) in [5, 5.41) is 0.820. The first-order chi connectivity index (χ1) is 5.66. The highest BCUT2D eigenvalue weighted by Crippen LogP contribution is 2.28. The molecule has 1 atom stereocenters. The van der Waals surface area contributed by atoms with Gasteiger partial charge in [-0.3, -0.25) is 0 Å². The number of rotatable bonds is 2. The topological polar surface area (TPSA) is 26.0 Å². The average Bonchev–Trinajstić information content (AvgIpc) is 2.03. The van der Waals surface area contributed by atoms with Crippen LogP contribution in [-0.4, -0.2) is 6.67 Å². The first kappa shape index (κ1) is 9.78. The second-order valence-corrected chi connectivity index (χ2v) is 3.21. The van der Waals surface area contributed by atoms with Crippen molar-refractivity contribution in [1.82, 2.24) is 0 Å². The number of benzene rings is 1. The Kier molecular flexibility index (Phi) is 3.32. The van der Waals surface area contributed by atoms with Gasteiger partial charge in [0.25, 0.3) is 0 Å². The summed E-state index contributed by atoms with van der Waals surface area (Å²) in [4.78, 5) is 0. The molecule has 2 N–H and O–H groups in total. The molecule has 0 radical (unpaired) electrons. The van der Waals surface area contributed by atoms with Gasteiger partial charge in [-0.05, 0) is 12.1 Å². The van der Waals surface area contributed by atoms with E-state index in [-0.39, 0.29) is 0 Å². The van der Waals surface area contributed by atoms with Crippen molar-refractivity contribution in [1.29, 1.82) is 0 Å². The minimum absolute atomic E-state index is 0.410. The van der Waals surface area contributed by atoms with Crippen LogP contribution < -0.4 is 5.73 Å². The first-order valence-corrected chi connectivity index (χ1v) is 4.18. The second-order valence-electron chi connectivity index (χ2n) is 2.40. The zero-order valence-electron chi connectivity index (χ0n) is 6.23. The molecule has 1 nitrogen and oxygen atoms in total. The summed E-state index contributed by atoms with van der Waals surface area (Å²) in [7, 11) is 0. The summed E-state index contributed by atoms with van der Waals surface area (Å²) in [5.41, 5.74) is 5.93. The van der Waals surface area contributed by atoms with Gasteiger partial charge in [0.1, 0.15) is 6.67 Å². The molecule has 0 fully saturated rings. The van der Waals surface area contributed by atoms with Gasteiger partial charge in [0.15, 0.2) is 0 Å². The van der Waals surface area contributed by atoms with E-state index in [0.29, 0.717) is 15.6 Å². The van der Waals surface area contributed by atoms with Gasteiger partial charge >= 0.3 is 0 Å². The van der Waals surface area contributed by atoms with Crippen molar-refractivity contribution in [2.45, 2.75) is 6.04 Å². The van der Waals surface area contributed by atoms with Crippen molar-refractivity contribution < 1.29 is 4.39 Å². The lowest BCUT2D eigenvalue weighted by molar-refractivity contribution is 0.437. The van der Waals surface area contributed by atoms with Crippen LogP contribution in [0.25, 0.3) is 0 Å². The van der Waals surface area contributed by atoms with Gasteiger partial charge < -0.3 is 5.73 Å². The van der Waals surface area contributed by atoms with E-state index in [4.69, 9.17) is 28.9 Å². The fourth-order valence-corrected chi connectivity index (χ4v) is 1.62. The third-order valence-corrected chi connectivity index (χ3v) is 2.20. The monoisotopic (exact) mass is 207 g/mol. The maximum absolute atomic E-state index is 12.2. The second kappa shape index (κ2) is 4.08. The molecule has 1 aromatic rings. The van der Waals surface area contributed by atoms with Crippen LogP contribution in [-0.2, 0) is 0 Å². The molecule has 0 saturated heterocycles. The van der Waals surface area contributed by atoms with E-state index in [1.54, 1.807) is 18.2 Å². The van der Waals surface area contributed by atoms with Crippen LogP contribution in [0.15, 0.2) is 18.2 Å². The van der Waals surface area contributed by atoms with Gasteiger partial charge in [-0.15, -0.1) is 0 Å².